The van der Waals surface area contributed by atoms with Crippen molar-refractivity contribution in [2.75, 3.05) is 29.0 Å². The fourth-order valence-electron chi connectivity index (χ4n) is 3.62. The molecule has 4 N–H and O–H groups in total. The Morgan fingerprint density at radius 2 is 1.52 bits per heavy atom. The normalized spacial score (nSPS) is 15.7. The van der Waals surface area contributed by atoms with Gasteiger partial charge in [0.2, 0.25) is 17.7 Å². The molecule has 3 rings (SSSR count). The number of benzene rings is 2. The van der Waals surface area contributed by atoms with Crippen molar-refractivity contribution >= 4 is 34.8 Å². The number of hydrogen-bond acceptors (Lipinski definition) is 5. The number of likely N-dealkylation sites (tertiary alicyclic amines) is 1. The Labute approximate surface area is 181 Å². The molecule has 1 heterocycles. The number of carbonyl (C=O) groups is 3. The third kappa shape index (κ3) is 6.05. The van der Waals surface area contributed by atoms with Crippen molar-refractivity contribution in [2.45, 2.75) is 32.7 Å². The predicted molar refractivity (Wildman–Crippen MR) is 120 cm³/mol. The number of carbonyl (C=O) groups excluding carboxylic acids is 3. The molecule has 3 amide bonds. The molecule has 1 aliphatic rings. The summed E-state index contributed by atoms with van der Waals surface area (Å²) in [6.45, 7) is 4.56. The highest BCUT2D eigenvalue weighted by Gasteiger charge is 2.30. The van der Waals surface area contributed by atoms with Gasteiger partial charge in [-0.25, -0.2) is 0 Å². The van der Waals surface area contributed by atoms with E-state index >= 15 is 0 Å². The van der Waals surface area contributed by atoms with Gasteiger partial charge in [0, 0.05) is 24.2 Å². The molecule has 8 nitrogen and oxygen atoms in total. The molecule has 0 bridgehead atoms. The fourth-order valence-corrected chi connectivity index (χ4v) is 3.62. The van der Waals surface area contributed by atoms with Gasteiger partial charge >= 0.3 is 0 Å². The molecule has 2 aromatic carbocycles. The Balaban J connectivity index is 1.48. The second kappa shape index (κ2) is 10.1. The monoisotopic (exact) mass is 424 g/mol. The van der Waals surface area contributed by atoms with Crippen LogP contribution in [0.15, 0.2) is 48.5 Å². The molecule has 0 radical (unpaired) electrons. The molecule has 1 fully saturated rings. The van der Waals surface area contributed by atoms with Crippen LogP contribution in [0.25, 0.3) is 0 Å². The average molecular weight is 425 g/mol. The summed E-state index contributed by atoms with van der Waals surface area (Å²) in [6, 6.07) is 13.3. The van der Waals surface area contributed by atoms with Crippen LogP contribution in [0.5, 0.6) is 5.75 Å². The van der Waals surface area contributed by atoms with Gasteiger partial charge in [-0.05, 0) is 69.3 Å². The molecule has 1 atom stereocenters. The lowest BCUT2D eigenvalue weighted by molar-refractivity contribution is -0.123. The van der Waals surface area contributed by atoms with Crippen LogP contribution >= 0.6 is 0 Å². The Morgan fingerprint density at radius 1 is 0.935 bits per heavy atom. The maximum Gasteiger partial charge on any atom is 0.241 e. The fraction of sp³-hybridized carbons (Fsp3) is 0.348. The van der Waals surface area contributed by atoms with E-state index in [-0.39, 0.29) is 35.4 Å². The SMILES string of the molecule is CC(=O)Nc1ccc(NC(=O)[C@@H](C)N2CCC(C(=O)Nc3ccccc3O)CC2)cc1. The molecule has 0 aromatic heterocycles. The van der Waals surface area contributed by atoms with Crippen LogP contribution in [0, 0.1) is 5.92 Å². The number of aromatic hydroxyl groups is 1. The number of nitrogens with one attached hydrogen (secondary N) is 3. The number of phenols is 1. The van der Waals surface area contributed by atoms with Crippen LogP contribution in [0.4, 0.5) is 17.1 Å². The maximum atomic E-state index is 12.6. The van der Waals surface area contributed by atoms with Crippen molar-refractivity contribution in [3.8, 4) is 5.75 Å². The van der Waals surface area contributed by atoms with Crippen LogP contribution in [0.2, 0.25) is 0 Å². The number of nitrogens with zero attached hydrogens (tertiary/aromatic N) is 1. The minimum Gasteiger partial charge on any atom is -0.506 e. The predicted octanol–water partition coefficient (Wildman–Crippen LogP) is 3.03. The van der Waals surface area contributed by atoms with E-state index in [0.717, 1.165) is 0 Å². The first-order chi connectivity index (χ1) is 14.8. The molecule has 8 heteroatoms. The largest absolute Gasteiger partial charge is 0.506 e. The van der Waals surface area contributed by atoms with Gasteiger partial charge in [0.1, 0.15) is 5.75 Å². The number of para-hydroxylation sites is 2. The van der Waals surface area contributed by atoms with Crippen LogP contribution in [-0.2, 0) is 14.4 Å². The number of anilines is 3. The summed E-state index contributed by atoms with van der Waals surface area (Å²) in [5.41, 5.74) is 1.73. The molecule has 1 saturated heterocycles. The van der Waals surface area contributed by atoms with E-state index in [2.05, 4.69) is 20.9 Å². The summed E-state index contributed by atoms with van der Waals surface area (Å²) in [5.74, 6) is -0.499. The summed E-state index contributed by atoms with van der Waals surface area (Å²) in [6.07, 6.45) is 1.28. The lowest BCUT2D eigenvalue weighted by Crippen LogP contribution is -2.47. The van der Waals surface area contributed by atoms with Crippen molar-refractivity contribution in [1.29, 1.82) is 0 Å². The van der Waals surface area contributed by atoms with Crippen LogP contribution in [-0.4, -0.2) is 46.9 Å². The van der Waals surface area contributed by atoms with Crippen LogP contribution in [0.3, 0.4) is 0 Å². The highest BCUT2D eigenvalue weighted by atomic mass is 16.3. The van der Waals surface area contributed by atoms with Gasteiger partial charge in [-0.1, -0.05) is 12.1 Å². The second-order valence-corrected chi connectivity index (χ2v) is 7.74. The Hall–Kier alpha value is -3.39. The highest BCUT2D eigenvalue weighted by molar-refractivity contribution is 5.95. The van der Waals surface area contributed by atoms with Crippen molar-refractivity contribution in [3.05, 3.63) is 48.5 Å². The Morgan fingerprint density at radius 3 is 2.10 bits per heavy atom. The minimum atomic E-state index is -0.336. The number of piperidine rings is 1. The first kappa shape index (κ1) is 22.3. The number of amides is 3. The van der Waals surface area contributed by atoms with Crippen molar-refractivity contribution in [3.63, 3.8) is 0 Å². The van der Waals surface area contributed by atoms with Gasteiger partial charge in [0.05, 0.1) is 11.7 Å². The van der Waals surface area contributed by atoms with Gasteiger partial charge in [0.25, 0.3) is 0 Å². The van der Waals surface area contributed by atoms with E-state index in [9.17, 15) is 19.5 Å². The van der Waals surface area contributed by atoms with Gasteiger partial charge < -0.3 is 21.1 Å². The second-order valence-electron chi connectivity index (χ2n) is 7.74. The molecule has 0 spiro atoms. The topological polar surface area (TPSA) is 111 Å². The lowest BCUT2D eigenvalue weighted by Gasteiger charge is -2.34. The zero-order chi connectivity index (χ0) is 22.4. The first-order valence-electron chi connectivity index (χ1n) is 10.3. The van der Waals surface area contributed by atoms with Crippen molar-refractivity contribution in [1.82, 2.24) is 4.90 Å². The van der Waals surface area contributed by atoms with E-state index in [1.807, 2.05) is 6.92 Å². The average Bonchev–Trinajstić information content (AvgIpc) is 2.76. The van der Waals surface area contributed by atoms with Gasteiger partial charge in [-0.15, -0.1) is 0 Å². The minimum absolute atomic E-state index is 0.0451. The first-order valence-corrected chi connectivity index (χ1v) is 10.3. The summed E-state index contributed by atoms with van der Waals surface area (Å²) >= 11 is 0. The van der Waals surface area contributed by atoms with E-state index < -0.39 is 0 Å². The number of rotatable bonds is 6. The smallest absolute Gasteiger partial charge is 0.241 e. The number of phenolic OH excluding ortho intramolecular Hbond substituents is 1. The van der Waals surface area contributed by atoms with E-state index in [4.69, 9.17) is 0 Å². The van der Waals surface area contributed by atoms with E-state index in [1.165, 1.54) is 13.0 Å². The van der Waals surface area contributed by atoms with Crippen LogP contribution < -0.4 is 16.0 Å². The molecule has 2 aromatic rings. The standard InChI is InChI=1S/C23H28N4O4/c1-15(22(30)25-19-9-7-18(8-10-19)24-16(2)28)27-13-11-17(12-14-27)23(31)26-20-5-3-4-6-21(20)29/h3-10,15,17,29H,11-14H2,1-2H3,(H,24,28)(H,25,30)(H,26,31)/t15-/m1/s1. The van der Waals surface area contributed by atoms with Gasteiger partial charge in [-0.3, -0.25) is 19.3 Å². The van der Waals surface area contributed by atoms with Crippen molar-refractivity contribution in [2.24, 2.45) is 5.92 Å². The van der Waals surface area contributed by atoms with E-state index in [0.29, 0.717) is 43.0 Å². The third-order valence-electron chi connectivity index (χ3n) is 5.46. The molecular formula is C23H28N4O4. The number of hydrogen-bond donors (Lipinski definition) is 4. The molecule has 31 heavy (non-hydrogen) atoms. The molecule has 0 aliphatic carbocycles. The van der Waals surface area contributed by atoms with E-state index in [1.54, 1.807) is 42.5 Å². The summed E-state index contributed by atoms with van der Waals surface area (Å²) in [5, 5.41) is 18.2. The van der Waals surface area contributed by atoms with Crippen molar-refractivity contribution < 1.29 is 19.5 Å². The Bertz CT molecular complexity index is 937. The molecule has 1 aliphatic heterocycles. The molecule has 0 unspecified atom stereocenters. The molecular weight excluding hydrogens is 396 g/mol. The van der Waals surface area contributed by atoms with Crippen LogP contribution in [0.1, 0.15) is 26.7 Å². The van der Waals surface area contributed by atoms with Gasteiger partial charge in [-0.2, -0.15) is 0 Å². The quantitative estimate of drug-likeness (QED) is 0.533. The lowest BCUT2D eigenvalue weighted by atomic mass is 9.94. The summed E-state index contributed by atoms with van der Waals surface area (Å²) in [4.78, 5) is 38.3. The summed E-state index contributed by atoms with van der Waals surface area (Å²) < 4.78 is 0. The zero-order valence-electron chi connectivity index (χ0n) is 17.7. The summed E-state index contributed by atoms with van der Waals surface area (Å²) in [7, 11) is 0. The zero-order valence-corrected chi connectivity index (χ0v) is 17.7. The maximum absolute atomic E-state index is 12.6. The van der Waals surface area contributed by atoms with Gasteiger partial charge in [0.15, 0.2) is 0 Å². The highest BCUT2D eigenvalue weighted by Crippen LogP contribution is 2.25. The third-order valence-corrected chi connectivity index (χ3v) is 5.46. The molecule has 0 saturated carbocycles. The molecule has 164 valence electrons. The Kier molecular flexibility index (Phi) is 7.25.